The maximum atomic E-state index is 10.3. The van der Waals surface area contributed by atoms with Gasteiger partial charge in [-0.25, -0.2) is 5.84 Å². The molecule has 29 heavy (non-hydrogen) atoms. The lowest BCUT2D eigenvalue weighted by atomic mass is 10.0. The van der Waals surface area contributed by atoms with E-state index in [0.29, 0.717) is 24.8 Å². The zero-order chi connectivity index (χ0) is 21.1. The van der Waals surface area contributed by atoms with Crippen molar-refractivity contribution < 1.29 is 14.6 Å². The normalized spacial score (nSPS) is 12.3. The first-order chi connectivity index (χ1) is 13.9. The van der Waals surface area contributed by atoms with Crippen molar-refractivity contribution in [1.29, 1.82) is 0 Å². The number of nitrogens with two attached hydrogens (primary N) is 1. The van der Waals surface area contributed by atoms with Crippen LogP contribution in [0.5, 0.6) is 11.6 Å². The lowest BCUT2D eigenvalue weighted by molar-refractivity contribution is 0.0960. The molecule has 1 aromatic carbocycles. The smallest absolute Gasteiger partial charge is 0.233 e. The topological polar surface area (TPSA) is 115 Å². The molecule has 0 aliphatic carbocycles. The summed E-state index contributed by atoms with van der Waals surface area (Å²) in [7, 11) is 0. The third kappa shape index (κ3) is 8.06. The fourth-order valence-electron chi connectivity index (χ4n) is 2.58. The van der Waals surface area contributed by atoms with E-state index in [1.165, 1.54) is 0 Å². The highest BCUT2D eigenvalue weighted by atomic mass is 16.5. The first-order valence-corrected chi connectivity index (χ1v) is 9.61. The van der Waals surface area contributed by atoms with E-state index in [2.05, 4.69) is 41.4 Å². The Kier molecular flexibility index (Phi) is 8.85. The lowest BCUT2D eigenvalue weighted by Crippen LogP contribution is -2.45. The molecule has 0 bridgehead atoms. The number of allylic oxidation sites excluding steroid dienone is 1. The molecule has 0 saturated carbocycles. The molecule has 0 aliphatic rings. The van der Waals surface area contributed by atoms with E-state index in [-0.39, 0.29) is 12.1 Å². The first-order valence-electron chi connectivity index (χ1n) is 9.61. The van der Waals surface area contributed by atoms with Crippen molar-refractivity contribution >= 4 is 5.82 Å². The second-order valence-corrected chi connectivity index (χ2v) is 7.33. The summed E-state index contributed by atoms with van der Waals surface area (Å²) in [5.41, 5.74) is 3.24. The molecule has 0 spiro atoms. The predicted octanol–water partition coefficient (Wildman–Crippen LogP) is 2.07. The Morgan fingerprint density at radius 1 is 1.21 bits per heavy atom. The molecule has 1 unspecified atom stereocenters. The summed E-state index contributed by atoms with van der Waals surface area (Å²) in [6, 6.07) is 11.2. The average Bonchev–Trinajstić information content (AvgIpc) is 2.72. The van der Waals surface area contributed by atoms with Gasteiger partial charge >= 0.3 is 0 Å². The number of hydrogen-bond acceptors (Lipinski definition) is 8. The van der Waals surface area contributed by atoms with Crippen molar-refractivity contribution in [2.45, 2.75) is 38.3 Å². The molecule has 0 amide bonds. The van der Waals surface area contributed by atoms with E-state index >= 15 is 0 Å². The summed E-state index contributed by atoms with van der Waals surface area (Å²) in [5.74, 6) is 6.94. The van der Waals surface area contributed by atoms with Crippen LogP contribution in [0.15, 0.2) is 49.1 Å². The molecule has 0 aliphatic heterocycles. The molecule has 0 fully saturated rings. The van der Waals surface area contributed by atoms with Crippen LogP contribution >= 0.6 is 0 Å². The molecule has 2 rings (SSSR count). The van der Waals surface area contributed by atoms with Gasteiger partial charge in [-0.3, -0.25) is 0 Å². The number of hydrazine groups is 1. The number of ether oxygens (including phenoxy) is 2. The number of nitrogens with zero attached hydrogens (tertiary/aromatic N) is 2. The van der Waals surface area contributed by atoms with Crippen molar-refractivity contribution in [2.75, 3.05) is 25.2 Å². The van der Waals surface area contributed by atoms with Crippen LogP contribution in [0.2, 0.25) is 0 Å². The van der Waals surface area contributed by atoms with Gasteiger partial charge in [-0.2, -0.15) is 0 Å². The number of aromatic nitrogens is 2. The molecule has 0 saturated heterocycles. The van der Waals surface area contributed by atoms with E-state index in [1.54, 1.807) is 12.1 Å². The molecular weight excluding hydrogens is 370 g/mol. The molecule has 158 valence electrons. The van der Waals surface area contributed by atoms with Gasteiger partial charge < -0.3 is 25.3 Å². The van der Waals surface area contributed by atoms with Gasteiger partial charge in [-0.1, -0.05) is 24.3 Å². The first kappa shape index (κ1) is 22.6. The fourth-order valence-corrected chi connectivity index (χ4v) is 2.58. The molecular formula is C21H31N5O3. The van der Waals surface area contributed by atoms with Crippen LogP contribution < -0.4 is 26.1 Å². The third-order valence-electron chi connectivity index (χ3n) is 4.35. The monoisotopic (exact) mass is 401 g/mol. The number of nitrogen functional groups attached to an aromatic ring is 1. The summed E-state index contributed by atoms with van der Waals surface area (Å²) >= 11 is 0. The molecule has 2 aromatic rings. The lowest BCUT2D eigenvalue weighted by Gasteiger charge is -2.27. The zero-order valence-corrected chi connectivity index (χ0v) is 17.1. The Bertz CT molecular complexity index is 752. The number of rotatable bonds is 13. The van der Waals surface area contributed by atoms with Crippen LogP contribution in [-0.2, 0) is 6.42 Å². The number of nitrogens with one attached hydrogen (secondary N) is 2. The number of aliphatic hydroxyl groups is 1. The fraction of sp³-hybridized carbons (Fsp3) is 0.429. The number of β-amino-alcohol motifs (C(OH)–C–C–N with tert-alkyl or cyclic N) is 1. The SMILES string of the molecule is C=CCc1ccccc1OCC(O)CNC(C)(C)CCOc1ccc(NN)nn1. The minimum atomic E-state index is -0.630. The summed E-state index contributed by atoms with van der Waals surface area (Å²) in [6.45, 7) is 8.95. The van der Waals surface area contributed by atoms with E-state index < -0.39 is 6.10 Å². The Morgan fingerprint density at radius 3 is 2.69 bits per heavy atom. The van der Waals surface area contributed by atoms with Gasteiger partial charge in [0.15, 0.2) is 5.82 Å². The van der Waals surface area contributed by atoms with E-state index in [9.17, 15) is 5.11 Å². The molecule has 8 nitrogen and oxygen atoms in total. The largest absolute Gasteiger partial charge is 0.491 e. The summed E-state index contributed by atoms with van der Waals surface area (Å²) < 4.78 is 11.4. The Morgan fingerprint density at radius 2 is 2.00 bits per heavy atom. The standard InChI is InChI=1S/C21H31N5O3/c1-4-7-16-8-5-6-9-18(16)29-15-17(27)14-23-21(2,3)12-13-28-20-11-10-19(24-22)25-26-20/h4-6,8-11,17,23,27H,1,7,12-15,22H2,2-3H3,(H,24,25). The summed E-state index contributed by atoms with van der Waals surface area (Å²) in [5, 5.41) is 21.4. The Hall–Kier alpha value is -2.68. The van der Waals surface area contributed by atoms with Crippen molar-refractivity contribution in [2.24, 2.45) is 5.84 Å². The summed E-state index contributed by atoms with van der Waals surface area (Å²) in [4.78, 5) is 0. The Balaban J connectivity index is 1.70. The van der Waals surface area contributed by atoms with E-state index in [4.69, 9.17) is 15.3 Å². The highest BCUT2D eigenvalue weighted by Gasteiger charge is 2.19. The van der Waals surface area contributed by atoms with Gasteiger partial charge in [-0.15, -0.1) is 16.8 Å². The number of para-hydroxylation sites is 1. The quantitative estimate of drug-likeness (QED) is 0.229. The van der Waals surface area contributed by atoms with E-state index in [0.717, 1.165) is 24.2 Å². The second kappa shape index (κ2) is 11.4. The van der Waals surface area contributed by atoms with Crippen LogP contribution in [0.4, 0.5) is 5.82 Å². The van der Waals surface area contributed by atoms with Crippen molar-refractivity contribution in [3.8, 4) is 11.6 Å². The van der Waals surface area contributed by atoms with Crippen LogP contribution in [0.3, 0.4) is 0 Å². The van der Waals surface area contributed by atoms with Gasteiger partial charge in [0.05, 0.1) is 6.61 Å². The van der Waals surface area contributed by atoms with Gasteiger partial charge in [0.1, 0.15) is 18.5 Å². The Labute approximate surface area is 172 Å². The molecule has 1 heterocycles. The number of hydrogen-bond donors (Lipinski definition) is 4. The molecule has 5 N–H and O–H groups in total. The minimum absolute atomic E-state index is 0.213. The number of aliphatic hydroxyl groups excluding tert-OH is 1. The molecule has 1 aromatic heterocycles. The van der Waals surface area contributed by atoms with Crippen molar-refractivity contribution in [1.82, 2.24) is 15.5 Å². The van der Waals surface area contributed by atoms with Gasteiger partial charge in [0, 0.05) is 18.2 Å². The molecule has 1 atom stereocenters. The van der Waals surface area contributed by atoms with Crippen LogP contribution in [0, 0.1) is 0 Å². The van der Waals surface area contributed by atoms with Gasteiger partial charge in [0.25, 0.3) is 0 Å². The average molecular weight is 402 g/mol. The number of benzene rings is 1. The predicted molar refractivity (Wildman–Crippen MR) is 114 cm³/mol. The molecule has 8 heteroatoms. The van der Waals surface area contributed by atoms with Gasteiger partial charge in [0.2, 0.25) is 5.88 Å². The van der Waals surface area contributed by atoms with Crippen LogP contribution in [-0.4, -0.2) is 46.7 Å². The van der Waals surface area contributed by atoms with E-state index in [1.807, 2.05) is 30.3 Å². The zero-order valence-electron chi connectivity index (χ0n) is 17.1. The third-order valence-corrected chi connectivity index (χ3v) is 4.35. The molecule has 0 radical (unpaired) electrons. The second-order valence-electron chi connectivity index (χ2n) is 7.33. The van der Waals surface area contributed by atoms with Crippen molar-refractivity contribution in [3.05, 3.63) is 54.6 Å². The minimum Gasteiger partial charge on any atom is -0.491 e. The van der Waals surface area contributed by atoms with Crippen molar-refractivity contribution in [3.63, 3.8) is 0 Å². The maximum Gasteiger partial charge on any atom is 0.233 e. The van der Waals surface area contributed by atoms with Crippen LogP contribution in [0.1, 0.15) is 25.8 Å². The summed E-state index contributed by atoms with van der Waals surface area (Å²) in [6.07, 6.45) is 2.66. The van der Waals surface area contributed by atoms with Crippen LogP contribution in [0.25, 0.3) is 0 Å². The van der Waals surface area contributed by atoms with Gasteiger partial charge in [-0.05, 0) is 44.4 Å². The number of anilines is 1. The highest BCUT2D eigenvalue weighted by Crippen LogP contribution is 2.19. The maximum absolute atomic E-state index is 10.3. The highest BCUT2D eigenvalue weighted by molar-refractivity contribution is 5.34.